The van der Waals surface area contributed by atoms with Crippen molar-refractivity contribution in [1.82, 2.24) is 15.0 Å². The molecule has 0 saturated heterocycles. The lowest BCUT2D eigenvalue weighted by atomic mass is 10.3. The van der Waals surface area contributed by atoms with Crippen LogP contribution in [0, 0.1) is 0 Å². The number of aliphatic hydroxyl groups excluding tert-OH is 1. The maximum Gasteiger partial charge on any atom is 0.434 e. The SMILES string of the molecule is NCc1nnn(CCCO)c1C(F)(F)F. The normalized spacial score (nSPS) is 12.1. The zero-order valence-electron chi connectivity index (χ0n) is 7.83. The molecule has 0 aliphatic rings. The Hall–Kier alpha value is -1.15. The van der Waals surface area contributed by atoms with Gasteiger partial charge in [-0.25, -0.2) is 4.68 Å². The van der Waals surface area contributed by atoms with Crippen molar-refractivity contribution < 1.29 is 18.3 Å². The van der Waals surface area contributed by atoms with Crippen LogP contribution in [-0.4, -0.2) is 26.7 Å². The fraction of sp³-hybridized carbons (Fsp3) is 0.714. The number of nitrogens with two attached hydrogens (primary N) is 1. The van der Waals surface area contributed by atoms with Crippen molar-refractivity contribution in [3.05, 3.63) is 11.4 Å². The highest BCUT2D eigenvalue weighted by molar-refractivity contribution is 5.13. The Morgan fingerprint density at radius 3 is 2.53 bits per heavy atom. The summed E-state index contributed by atoms with van der Waals surface area (Å²) in [4.78, 5) is 0. The fourth-order valence-corrected chi connectivity index (χ4v) is 1.17. The van der Waals surface area contributed by atoms with E-state index in [4.69, 9.17) is 10.8 Å². The third-order valence-electron chi connectivity index (χ3n) is 1.79. The molecule has 1 heterocycles. The maximum absolute atomic E-state index is 12.5. The lowest BCUT2D eigenvalue weighted by Gasteiger charge is -2.09. The van der Waals surface area contributed by atoms with Crippen molar-refractivity contribution in [3.8, 4) is 0 Å². The quantitative estimate of drug-likeness (QED) is 0.762. The van der Waals surface area contributed by atoms with E-state index < -0.39 is 11.9 Å². The van der Waals surface area contributed by atoms with Crippen LogP contribution in [0.15, 0.2) is 0 Å². The van der Waals surface area contributed by atoms with Gasteiger partial charge in [-0.2, -0.15) is 13.2 Å². The molecule has 8 heteroatoms. The van der Waals surface area contributed by atoms with E-state index in [0.29, 0.717) is 0 Å². The van der Waals surface area contributed by atoms with Crippen molar-refractivity contribution in [2.24, 2.45) is 5.73 Å². The Kier molecular flexibility index (Phi) is 3.64. The topological polar surface area (TPSA) is 77.0 Å². The summed E-state index contributed by atoms with van der Waals surface area (Å²) in [5.41, 5.74) is 3.91. The molecule has 0 aromatic carbocycles. The molecular weight excluding hydrogens is 213 g/mol. The van der Waals surface area contributed by atoms with Gasteiger partial charge in [-0.1, -0.05) is 5.21 Å². The zero-order chi connectivity index (χ0) is 11.5. The number of aromatic nitrogens is 3. The first kappa shape index (κ1) is 11.9. The molecule has 0 spiro atoms. The number of hydrogen-bond acceptors (Lipinski definition) is 4. The third-order valence-corrected chi connectivity index (χ3v) is 1.79. The van der Waals surface area contributed by atoms with Crippen molar-refractivity contribution in [3.63, 3.8) is 0 Å². The van der Waals surface area contributed by atoms with Crippen LogP contribution in [0.2, 0.25) is 0 Å². The second-order valence-electron chi connectivity index (χ2n) is 2.89. The van der Waals surface area contributed by atoms with Crippen LogP contribution < -0.4 is 5.73 Å². The molecule has 3 N–H and O–H groups in total. The molecule has 86 valence electrons. The summed E-state index contributed by atoms with van der Waals surface area (Å²) in [6.45, 7) is -0.540. The van der Waals surface area contributed by atoms with Gasteiger partial charge in [0.2, 0.25) is 0 Å². The smallest absolute Gasteiger partial charge is 0.396 e. The first-order valence-electron chi connectivity index (χ1n) is 4.31. The lowest BCUT2D eigenvalue weighted by Crippen LogP contribution is -2.18. The summed E-state index contributed by atoms with van der Waals surface area (Å²) in [6.07, 6.45) is -4.33. The monoisotopic (exact) mass is 224 g/mol. The van der Waals surface area contributed by atoms with Gasteiger partial charge in [-0.15, -0.1) is 5.10 Å². The van der Waals surface area contributed by atoms with Gasteiger partial charge < -0.3 is 10.8 Å². The van der Waals surface area contributed by atoms with Crippen LogP contribution in [0.3, 0.4) is 0 Å². The minimum Gasteiger partial charge on any atom is -0.396 e. The van der Waals surface area contributed by atoms with E-state index in [9.17, 15) is 13.2 Å². The standard InChI is InChI=1S/C7H11F3N4O/c8-7(9,10)6-5(4-11)12-13-14(6)2-1-3-15/h15H,1-4,11H2. The summed E-state index contributed by atoms with van der Waals surface area (Å²) < 4.78 is 38.3. The van der Waals surface area contributed by atoms with Crippen molar-refractivity contribution in [1.29, 1.82) is 0 Å². The molecule has 1 aromatic heterocycles. The Bertz CT molecular complexity index is 323. The highest BCUT2D eigenvalue weighted by atomic mass is 19.4. The van der Waals surface area contributed by atoms with Gasteiger partial charge in [0.15, 0.2) is 5.69 Å². The van der Waals surface area contributed by atoms with E-state index >= 15 is 0 Å². The second kappa shape index (κ2) is 4.58. The Balaban J connectivity index is 3.01. The Labute approximate surface area is 83.7 Å². The van der Waals surface area contributed by atoms with Crippen LogP contribution in [0.5, 0.6) is 0 Å². The maximum atomic E-state index is 12.5. The van der Waals surface area contributed by atoms with Crippen LogP contribution in [-0.2, 0) is 19.3 Å². The van der Waals surface area contributed by atoms with Crippen LogP contribution >= 0.6 is 0 Å². The van der Waals surface area contributed by atoms with Gasteiger partial charge in [-0.05, 0) is 6.42 Å². The highest BCUT2D eigenvalue weighted by Crippen LogP contribution is 2.30. The number of aliphatic hydroxyl groups is 1. The molecule has 0 saturated carbocycles. The summed E-state index contributed by atoms with van der Waals surface area (Å²) in [5.74, 6) is 0. The van der Waals surface area contributed by atoms with E-state index in [1.165, 1.54) is 0 Å². The van der Waals surface area contributed by atoms with Crippen LogP contribution in [0.25, 0.3) is 0 Å². The number of nitrogens with zero attached hydrogens (tertiary/aromatic N) is 3. The summed E-state index contributed by atoms with van der Waals surface area (Å²) >= 11 is 0. The summed E-state index contributed by atoms with van der Waals surface area (Å²) in [5, 5.41) is 15.2. The molecule has 0 aliphatic heterocycles. The number of rotatable bonds is 4. The van der Waals surface area contributed by atoms with Gasteiger partial charge in [0, 0.05) is 19.7 Å². The average Bonchev–Trinajstić information content (AvgIpc) is 2.56. The summed E-state index contributed by atoms with van der Waals surface area (Å²) in [7, 11) is 0. The lowest BCUT2D eigenvalue weighted by molar-refractivity contribution is -0.144. The summed E-state index contributed by atoms with van der Waals surface area (Å²) in [6, 6.07) is 0. The molecule has 0 radical (unpaired) electrons. The van der Waals surface area contributed by atoms with E-state index in [0.717, 1.165) is 4.68 Å². The molecule has 15 heavy (non-hydrogen) atoms. The molecule has 0 fully saturated rings. The molecule has 1 aromatic rings. The molecule has 0 aliphatic carbocycles. The van der Waals surface area contributed by atoms with Crippen LogP contribution in [0.1, 0.15) is 17.8 Å². The Morgan fingerprint density at radius 2 is 2.07 bits per heavy atom. The number of hydrogen-bond donors (Lipinski definition) is 2. The minimum atomic E-state index is -4.52. The largest absolute Gasteiger partial charge is 0.434 e. The van der Waals surface area contributed by atoms with Gasteiger partial charge in [0.1, 0.15) is 5.69 Å². The number of halogens is 3. The second-order valence-corrected chi connectivity index (χ2v) is 2.89. The van der Waals surface area contributed by atoms with Gasteiger partial charge in [0.25, 0.3) is 0 Å². The molecule has 1 rings (SSSR count). The van der Waals surface area contributed by atoms with E-state index in [1.54, 1.807) is 0 Å². The van der Waals surface area contributed by atoms with Crippen LogP contribution in [0.4, 0.5) is 13.2 Å². The first-order chi connectivity index (χ1) is 7.00. The van der Waals surface area contributed by atoms with Gasteiger partial charge in [-0.3, -0.25) is 0 Å². The number of alkyl halides is 3. The van der Waals surface area contributed by atoms with E-state index in [1.807, 2.05) is 0 Å². The van der Waals surface area contributed by atoms with Crippen molar-refractivity contribution in [2.45, 2.75) is 25.7 Å². The van der Waals surface area contributed by atoms with Crippen molar-refractivity contribution >= 4 is 0 Å². The predicted octanol–water partition coefficient (Wildman–Crippen LogP) is 0.138. The molecule has 5 nitrogen and oxygen atoms in total. The highest BCUT2D eigenvalue weighted by Gasteiger charge is 2.38. The third kappa shape index (κ3) is 2.66. The first-order valence-corrected chi connectivity index (χ1v) is 4.31. The molecule has 0 atom stereocenters. The molecular formula is C7H11F3N4O. The minimum absolute atomic E-state index is 0.0294. The zero-order valence-corrected chi connectivity index (χ0v) is 7.83. The average molecular weight is 224 g/mol. The van der Waals surface area contributed by atoms with E-state index in [2.05, 4.69) is 10.3 Å². The Morgan fingerprint density at radius 1 is 1.40 bits per heavy atom. The van der Waals surface area contributed by atoms with Gasteiger partial charge >= 0.3 is 6.18 Å². The van der Waals surface area contributed by atoms with Gasteiger partial charge in [0.05, 0.1) is 0 Å². The number of aryl methyl sites for hydroxylation is 1. The molecule has 0 bridgehead atoms. The molecule has 0 amide bonds. The molecule has 0 unspecified atom stereocenters. The van der Waals surface area contributed by atoms with Crippen molar-refractivity contribution in [2.75, 3.05) is 6.61 Å². The van der Waals surface area contributed by atoms with E-state index in [-0.39, 0.29) is 31.8 Å². The predicted molar refractivity (Wildman–Crippen MR) is 44.6 cm³/mol. The fourth-order valence-electron chi connectivity index (χ4n) is 1.17.